The van der Waals surface area contributed by atoms with E-state index in [9.17, 15) is 4.39 Å². The zero-order chi connectivity index (χ0) is 21.9. The molecule has 164 valence electrons. The molecule has 2 aliphatic rings. The predicted molar refractivity (Wildman–Crippen MR) is 131 cm³/mol. The number of likely N-dealkylation sites (tertiary alicyclic amines) is 2. The first-order valence-electron chi connectivity index (χ1n) is 11.8. The summed E-state index contributed by atoms with van der Waals surface area (Å²) in [6.45, 7) is 8.90. The smallest absolute Gasteiger partial charge is 0.123 e. The summed E-state index contributed by atoms with van der Waals surface area (Å²) >= 11 is 0. The molecule has 0 amide bonds. The summed E-state index contributed by atoms with van der Waals surface area (Å²) in [4.78, 5) is 5.13. The molecule has 0 aromatic heterocycles. The summed E-state index contributed by atoms with van der Waals surface area (Å²) in [5, 5.41) is 0. The molecular formula is C29H31FN2. The first-order valence-corrected chi connectivity index (χ1v) is 11.8. The van der Waals surface area contributed by atoms with Crippen molar-refractivity contribution in [2.24, 2.45) is 0 Å². The van der Waals surface area contributed by atoms with Crippen LogP contribution in [-0.2, 0) is 0 Å². The van der Waals surface area contributed by atoms with Crippen molar-refractivity contribution in [2.45, 2.75) is 31.2 Å². The monoisotopic (exact) mass is 426 g/mol. The molecule has 3 aromatic carbocycles. The van der Waals surface area contributed by atoms with Gasteiger partial charge in [0.2, 0.25) is 0 Å². The van der Waals surface area contributed by atoms with Crippen LogP contribution >= 0.6 is 0 Å². The lowest BCUT2D eigenvalue weighted by atomic mass is 9.89. The molecule has 0 bridgehead atoms. The minimum atomic E-state index is -0.202. The second-order valence-electron chi connectivity index (χ2n) is 9.14. The Labute approximate surface area is 191 Å². The molecule has 2 heterocycles. The normalized spacial score (nSPS) is 19.9. The molecule has 2 aliphatic heterocycles. The van der Waals surface area contributed by atoms with E-state index in [0.717, 1.165) is 35.5 Å². The van der Waals surface area contributed by atoms with Crippen molar-refractivity contribution in [2.75, 3.05) is 26.2 Å². The molecule has 3 heteroatoms. The summed E-state index contributed by atoms with van der Waals surface area (Å²) in [5.41, 5.74) is 5.67. The summed E-state index contributed by atoms with van der Waals surface area (Å²) in [5.74, 6) is 0.503. The van der Waals surface area contributed by atoms with Crippen LogP contribution < -0.4 is 0 Å². The van der Waals surface area contributed by atoms with Gasteiger partial charge >= 0.3 is 0 Å². The van der Waals surface area contributed by atoms with Gasteiger partial charge in [0.15, 0.2) is 0 Å². The first kappa shape index (κ1) is 21.0. The molecule has 5 rings (SSSR count). The molecule has 2 saturated heterocycles. The molecule has 0 aliphatic carbocycles. The molecule has 1 atom stereocenters. The topological polar surface area (TPSA) is 6.48 Å². The van der Waals surface area contributed by atoms with Gasteiger partial charge in [-0.25, -0.2) is 4.39 Å². The summed E-state index contributed by atoms with van der Waals surface area (Å²) in [6.07, 6.45) is 3.71. The van der Waals surface area contributed by atoms with Crippen molar-refractivity contribution in [3.63, 3.8) is 0 Å². The molecule has 2 fully saturated rings. The highest BCUT2D eigenvalue weighted by Crippen LogP contribution is 2.32. The number of benzene rings is 3. The minimum absolute atomic E-state index is 0.202. The fraction of sp³-hybridized carbons (Fsp3) is 0.310. The van der Waals surface area contributed by atoms with Crippen molar-refractivity contribution in [3.8, 4) is 11.1 Å². The van der Waals surface area contributed by atoms with E-state index >= 15 is 0 Å². The Hall–Kier alpha value is -2.91. The molecule has 32 heavy (non-hydrogen) atoms. The second-order valence-corrected chi connectivity index (χ2v) is 9.14. The predicted octanol–water partition coefficient (Wildman–Crippen LogP) is 6.42. The number of rotatable bonds is 5. The minimum Gasteiger partial charge on any atom is -0.370 e. The molecule has 3 aromatic rings. The Morgan fingerprint density at radius 1 is 0.781 bits per heavy atom. The Morgan fingerprint density at radius 3 is 2.25 bits per heavy atom. The third-order valence-corrected chi connectivity index (χ3v) is 7.24. The van der Waals surface area contributed by atoms with Crippen molar-refractivity contribution < 1.29 is 4.39 Å². The molecule has 1 unspecified atom stereocenters. The van der Waals surface area contributed by atoms with Crippen LogP contribution in [0.5, 0.6) is 0 Å². The second kappa shape index (κ2) is 9.30. The number of nitrogens with zero attached hydrogens (tertiary/aromatic N) is 2. The van der Waals surface area contributed by atoms with Gasteiger partial charge in [-0.2, -0.15) is 0 Å². The Bertz CT molecular complexity index is 1050. The van der Waals surface area contributed by atoms with E-state index in [2.05, 4.69) is 71.0 Å². The first-order chi connectivity index (χ1) is 15.7. The number of hydrogen-bond acceptors (Lipinski definition) is 2. The van der Waals surface area contributed by atoms with Crippen LogP contribution in [0.25, 0.3) is 16.8 Å². The highest BCUT2D eigenvalue weighted by atomic mass is 19.1. The maximum atomic E-state index is 13.5. The molecule has 0 saturated carbocycles. The quantitative estimate of drug-likeness (QED) is 0.465. The van der Waals surface area contributed by atoms with Crippen LogP contribution in [0.4, 0.5) is 4.39 Å². The zero-order valence-corrected chi connectivity index (χ0v) is 18.6. The van der Waals surface area contributed by atoms with Gasteiger partial charge < -0.3 is 4.90 Å². The van der Waals surface area contributed by atoms with Crippen LogP contribution in [0, 0.1) is 5.82 Å². The maximum Gasteiger partial charge on any atom is 0.123 e. The van der Waals surface area contributed by atoms with Crippen molar-refractivity contribution in [1.82, 2.24) is 9.80 Å². The summed E-state index contributed by atoms with van der Waals surface area (Å²) < 4.78 is 13.5. The SMILES string of the molecule is C=C(c1ccc(-c2cccc(F)c2)cc1)N1CCC(N2CCC(c3ccccc3)CC2)C1. The standard InChI is InChI=1S/C29H31FN2/c1-22(23-10-12-25(13-11-23)27-8-5-9-28(30)20-27)32-19-16-29(21-32)31-17-14-26(15-18-31)24-6-3-2-4-7-24/h2-13,20,26,29H,1,14-19,21H2. The third-order valence-electron chi connectivity index (χ3n) is 7.24. The average Bonchev–Trinajstić information content (AvgIpc) is 3.35. The lowest BCUT2D eigenvalue weighted by molar-refractivity contribution is 0.157. The fourth-order valence-electron chi connectivity index (χ4n) is 5.31. The lowest BCUT2D eigenvalue weighted by Gasteiger charge is -2.36. The molecule has 2 nitrogen and oxygen atoms in total. The Kier molecular flexibility index (Phi) is 6.09. The van der Waals surface area contributed by atoms with Gasteiger partial charge in [-0.3, -0.25) is 4.90 Å². The Morgan fingerprint density at radius 2 is 1.53 bits per heavy atom. The zero-order valence-electron chi connectivity index (χ0n) is 18.6. The van der Waals surface area contributed by atoms with Gasteiger partial charge in [-0.15, -0.1) is 0 Å². The van der Waals surface area contributed by atoms with Crippen molar-refractivity contribution >= 4 is 5.70 Å². The summed E-state index contributed by atoms with van der Waals surface area (Å²) in [7, 11) is 0. The van der Waals surface area contributed by atoms with E-state index in [1.165, 1.54) is 44.0 Å². The van der Waals surface area contributed by atoms with E-state index in [-0.39, 0.29) is 5.82 Å². The van der Waals surface area contributed by atoms with Crippen molar-refractivity contribution in [1.29, 1.82) is 0 Å². The van der Waals surface area contributed by atoms with Gasteiger partial charge in [0.05, 0.1) is 0 Å². The van der Waals surface area contributed by atoms with Crippen LogP contribution in [-0.4, -0.2) is 42.0 Å². The van der Waals surface area contributed by atoms with E-state index in [1.54, 1.807) is 12.1 Å². The van der Waals surface area contributed by atoms with Gasteiger partial charge in [-0.1, -0.05) is 73.3 Å². The molecule has 0 N–H and O–H groups in total. The van der Waals surface area contributed by atoms with Crippen LogP contribution in [0.2, 0.25) is 0 Å². The number of hydrogen-bond donors (Lipinski definition) is 0. The number of halogens is 1. The molecule has 0 radical (unpaired) electrons. The molecular weight excluding hydrogens is 395 g/mol. The van der Waals surface area contributed by atoms with E-state index in [4.69, 9.17) is 0 Å². The highest BCUT2D eigenvalue weighted by Gasteiger charge is 2.31. The van der Waals surface area contributed by atoms with Crippen molar-refractivity contribution in [3.05, 3.63) is 102 Å². The molecule has 0 spiro atoms. The number of piperidine rings is 1. The summed E-state index contributed by atoms with van der Waals surface area (Å²) in [6, 6.07) is 26.7. The lowest BCUT2D eigenvalue weighted by Crippen LogP contribution is -2.42. The van der Waals surface area contributed by atoms with Crippen LogP contribution in [0.3, 0.4) is 0 Å². The van der Waals surface area contributed by atoms with Gasteiger partial charge in [0.1, 0.15) is 5.82 Å². The van der Waals surface area contributed by atoms with E-state index in [0.29, 0.717) is 12.0 Å². The van der Waals surface area contributed by atoms with E-state index in [1.807, 2.05) is 6.07 Å². The van der Waals surface area contributed by atoms with Gasteiger partial charge in [-0.05, 0) is 72.7 Å². The average molecular weight is 427 g/mol. The van der Waals surface area contributed by atoms with Gasteiger partial charge in [0.25, 0.3) is 0 Å². The maximum absolute atomic E-state index is 13.5. The Balaban J connectivity index is 1.17. The third kappa shape index (κ3) is 4.49. The van der Waals surface area contributed by atoms with E-state index < -0.39 is 0 Å². The highest BCUT2D eigenvalue weighted by molar-refractivity contribution is 5.69. The van der Waals surface area contributed by atoms with Crippen LogP contribution in [0.15, 0.2) is 85.4 Å². The largest absolute Gasteiger partial charge is 0.370 e. The van der Waals surface area contributed by atoms with Crippen LogP contribution in [0.1, 0.15) is 36.3 Å². The fourth-order valence-corrected chi connectivity index (χ4v) is 5.31. The van der Waals surface area contributed by atoms with Gasteiger partial charge in [0, 0.05) is 24.8 Å².